The molecule has 2 heterocycles. The van der Waals surface area contributed by atoms with Crippen LogP contribution >= 0.6 is 22.6 Å². The predicted octanol–water partition coefficient (Wildman–Crippen LogP) is 8.14. The van der Waals surface area contributed by atoms with Gasteiger partial charge < -0.3 is 19.3 Å². The average Bonchev–Trinajstić information content (AvgIpc) is 3.22. The van der Waals surface area contributed by atoms with Crippen molar-refractivity contribution >= 4 is 63.8 Å². The summed E-state index contributed by atoms with van der Waals surface area (Å²) in [6.07, 6.45) is 4.80. The Kier molecular flexibility index (Phi) is 17.9. The lowest BCUT2D eigenvalue weighted by atomic mass is 9.94. The van der Waals surface area contributed by atoms with Crippen LogP contribution in [-0.4, -0.2) is 69.7 Å². The monoisotopic (exact) mass is 904 g/mol. The van der Waals surface area contributed by atoms with Crippen LogP contribution in [0.1, 0.15) is 69.8 Å². The van der Waals surface area contributed by atoms with Crippen LogP contribution in [0.3, 0.4) is 0 Å². The van der Waals surface area contributed by atoms with Crippen molar-refractivity contribution in [3.8, 4) is 0 Å². The average molecular weight is 905 g/mol. The number of hydrogen-bond donors (Lipinski definition) is 0. The van der Waals surface area contributed by atoms with Gasteiger partial charge in [-0.3, -0.25) is 29.8 Å². The zero-order chi connectivity index (χ0) is 41.5. The van der Waals surface area contributed by atoms with Gasteiger partial charge >= 0.3 is 11.9 Å². The van der Waals surface area contributed by atoms with Gasteiger partial charge in [-0.05, 0) is 108 Å². The van der Waals surface area contributed by atoms with Crippen LogP contribution in [0, 0.1) is 23.8 Å². The molecule has 0 radical (unpaired) electrons. The maximum atomic E-state index is 12.7. The number of halogens is 1. The minimum atomic E-state index is -0.510. The number of hydrogen-bond acceptors (Lipinski definition) is 10. The molecule has 6 rings (SSSR count). The zero-order valence-electron chi connectivity index (χ0n) is 31.4. The molecule has 0 aliphatic carbocycles. The van der Waals surface area contributed by atoms with Gasteiger partial charge in [0, 0.05) is 76.3 Å². The van der Waals surface area contributed by atoms with Gasteiger partial charge in [0.1, 0.15) is 0 Å². The molecule has 58 heavy (non-hydrogen) atoms. The third-order valence-corrected chi connectivity index (χ3v) is 9.39. The number of benzene rings is 4. The van der Waals surface area contributed by atoms with E-state index in [-0.39, 0.29) is 54.7 Å². The fourth-order valence-corrected chi connectivity index (χ4v) is 6.86. The molecule has 0 aromatic heterocycles. The Morgan fingerprint density at radius 2 is 1.17 bits per heavy atom. The van der Waals surface area contributed by atoms with Gasteiger partial charge in [-0.1, -0.05) is 50.4 Å². The van der Waals surface area contributed by atoms with Gasteiger partial charge in [0.25, 0.3) is 23.2 Å². The standard InChI is InChI=1S/C21H20N2O5.C16H13IN2O3.C5H8O2.CH4/c1-2-28-20(24)9-8-15-12-17-14-22(21(25)16-6-4-3-5-7-16)11-10-18(17)19(13-15)23(26)27;17-13-8-12-10-18(16(20)11-4-2-1-3-5-11)7-6-14(12)15(9-13)19(21)22;1-3-5(6)7-4-2;/h3-9,12-13H,2,10-11,14H2,1H3;1-5,8-9H,6-7,10H2;3H,1,4H2,2H3;1H4/b9-8+;;;. The van der Waals surface area contributed by atoms with Crippen LogP contribution in [0.15, 0.2) is 104 Å². The Balaban J connectivity index is 0.000000268. The van der Waals surface area contributed by atoms with E-state index in [9.17, 15) is 39.4 Å². The minimum Gasteiger partial charge on any atom is -0.463 e. The van der Waals surface area contributed by atoms with Gasteiger partial charge in [0.05, 0.1) is 23.1 Å². The molecule has 2 aliphatic heterocycles. The number of amides is 2. The zero-order valence-corrected chi connectivity index (χ0v) is 33.6. The molecule has 0 saturated carbocycles. The number of rotatable bonds is 9. The molecule has 15 heteroatoms. The van der Waals surface area contributed by atoms with Crippen molar-refractivity contribution in [3.63, 3.8) is 0 Å². The molecule has 0 atom stereocenters. The lowest BCUT2D eigenvalue weighted by Gasteiger charge is -2.29. The van der Waals surface area contributed by atoms with E-state index in [2.05, 4.69) is 33.9 Å². The minimum absolute atomic E-state index is 0. The van der Waals surface area contributed by atoms with Crippen LogP contribution in [0.4, 0.5) is 11.4 Å². The molecule has 0 N–H and O–H groups in total. The quantitative estimate of drug-likeness (QED) is 0.0523. The van der Waals surface area contributed by atoms with Crippen molar-refractivity contribution in [1.29, 1.82) is 0 Å². The van der Waals surface area contributed by atoms with Crippen LogP contribution in [0.5, 0.6) is 0 Å². The lowest BCUT2D eigenvalue weighted by Crippen LogP contribution is -2.36. The highest BCUT2D eigenvalue weighted by atomic mass is 127. The number of nitro benzene ring substituents is 2. The topological polar surface area (TPSA) is 180 Å². The van der Waals surface area contributed by atoms with Gasteiger partial charge in [0.15, 0.2) is 0 Å². The highest BCUT2D eigenvalue weighted by Crippen LogP contribution is 2.32. The number of nitro groups is 2. The maximum Gasteiger partial charge on any atom is 0.330 e. The summed E-state index contributed by atoms with van der Waals surface area (Å²) in [6.45, 7) is 8.95. The SMILES string of the molecule is C.C=CC(=O)OCC.CCOC(=O)/C=C/c1cc2c(c([N+](=O)[O-])c1)CCN(C(=O)c1ccccc1)C2.O=C(c1ccccc1)N1CCc2c(cc(I)cc2[N+](=O)[O-])C1. The Labute approximate surface area is 350 Å². The molecule has 14 nitrogen and oxygen atoms in total. The second-order valence-corrected chi connectivity index (χ2v) is 13.7. The van der Waals surface area contributed by atoms with Gasteiger partial charge in [-0.25, -0.2) is 9.59 Å². The number of nitrogens with zero attached hydrogens (tertiary/aromatic N) is 4. The second-order valence-electron chi connectivity index (χ2n) is 12.5. The summed E-state index contributed by atoms with van der Waals surface area (Å²) < 4.78 is 10.1. The highest BCUT2D eigenvalue weighted by Gasteiger charge is 2.29. The first kappa shape index (κ1) is 46.2. The van der Waals surface area contributed by atoms with E-state index in [0.717, 1.165) is 20.8 Å². The lowest BCUT2D eigenvalue weighted by molar-refractivity contribution is -0.385. The van der Waals surface area contributed by atoms with Crippen LogP contribution in [0.25, 0.3) is 6.08 Å². The van der Waals surface area contributed by atoms with Crippen molar-refractivity contribution in [2.24, 2.45) is 0 Å². The highest BCUT2D eigenvalue weighted by molar-refractivity contribution is 14.1. The van der Waals surface area contributed by atoms with E-state index in [1.54, 1.807) is 72.2 Å². The van der Waals surface area contributed by atoms with E-state index in [1.807, 2.05) is 30.3 Å². The molecular weight excluding hydrogens is 859 g/mol. The summed E-state index contributed by atoms with van der Waals surface area (Å²) in [5.74, 6) is -1.01. The van der Waals surface area contributed by atoms with Crippen molar-refractivity contribution in [3.05, 3.63) is 166 Å². The first-order valence-corrected chi connectivity index (χ1v) is 19.0. The summed E-state index contributed by atoms with van der Waals surface area (Å²) >= 11 is 2.07. The normalized spacial score (nSPS) is 12.5. The number of ether oxygens (including phenoxy) is 2. The number of fused-ring (bicyclic) bond motifs is 2. The number of carbonyl (C=O) groups excluding carboxylic acids is 4. The first-order valence-electron chi connectivity index (χ1n) is 17.9. The summed E-state index contributed by atoms with van der Waals surface area (Å²) in [5, 5.41) is 22.7. The Morgan fingerprint density at radius 1 is 0.724 bits per heavy atom. The van der Waals surface area contributed by atoms with Crippen molar-refractivity contribution in [2.75, 3.05) is 26.3 Å². The van der Waals surface area contributed by atoms with E-state index in [4.69, 9.17) is 4.74 Å². The first-order chi connectivity index (χ1) is 27.4. The molecule has 0 spiro atoms. The molecule has 0 unspecified atom stereocenters. The Hall–Kier alpha value is -6.23. The molecule has 0 saturated heterocycles. The van der Waals surface area contributed by atoms with E-state index >= 15 is 0 Å². The van der Waals surface area contributed by atoms with E-state index in [0.29, 0.717) is 66.9 Å². The Bertz CT molecular complexity index is 2160. The molecule has 4 aromatic carbocycles. The number of esters is 2. The molecule has 0 bridgehead atoms. The van der Waals surface area contributed by atoms with Crippen molar-refractivity contribution in [2.45, 2.75) is 47.2 Å². The van der Waals surface area contributed by atoms with Crippen LogP contribution in [0.2, 0.25) is 0 Å². The number of carbonyl (C=O) groups is 4. The Morgan fingerprint density at radius 3 is 1.60 bits per heavy atom. The summed E-state index contributed by atoms with van der Waals surface area (Å²) in [7, 11) is 0. The van der Waals surface area contributed by atoms with Crippen LogP contribution < -0.4 is 0 Å². The van der Waals surface area contributed by atoms with E-state index in [1.165, 1.54) is 18.2 Å². The fraction of sp³-hybridized carbons (Fsp3) is 0.256. The second kappa shape index (κ2) is 22.5. The summed E-state index contributed by atoms with van der Waals surface area (Å²) in [6, 6.07) is 24.8. The van der Waals surface area contributed by atoms with E-state index < -0.39 is 10.9 Å². The van der Waals surface area contributed by atoms with Gasteiger partial charge in [-0.2, -0.15) is 0 Å². The molecule has 4 aromatic rings. The largest absolute Gasteiger partial charge is 0.463 e. The third-order valence-electron chi connectivity index (χ3n) is 8.77. The van der Waals surface area contributed by atoms with Crippen LogP contribution in [-0.2, 0) is 45.0 Å². The van der Waals surface area contributed by atoms with Gasteiger partial charge in [-0.15, -0.1) is 0 Å². The van der Waals surface area contributed by atoms with Crippen molar-refractivity contribution < 1.29 is 38.5 Å². The summed E-state index contributed by atoms with van der Waals surface area (Å²) in [4.78, 5) is 72.2. The maximum absolute atomic E-state index is 12.7. The molecule has 0 fully saturated rings. The summed E-state index contributed by atoms with van der Waals surface area (Å²) in [5.41, 5.74) is 4.89. The molecular formula is C43H45IN4O10. The smallest absolute Gasteiger partial charge is 0.330 e. The van der Waals surface area contributed by atoms with Gasteiger partial charge in [0.2, 0.25) is 0 Å². The molecule has 304 valence electrons. The molecule has 2 amide bonds. The predicted molar refractivity (Wildman–Crippen MR) is 228 cm³/mol. The fourth-order valence-electron chi connectivity index (χ4n) is 6.19. The van der Waals surface area contributed by atoms with Crippen molar-refractivity contribution in [1.82, 2.24) is 9.80 Å². The molecule has 2 aliphatic rings. The third kappa shape index (κ3) is 12.6.